The van der Waals surface area contributed by atoms with Crippen molar-refractivity contribution in [3.05, 3.63) is 173 Å². The number of nitrogens with two attached hydrogens (primary N) is 2. The third-order valence-electron chi connectivity index (χ3n) is 21.3. The lowest BCUT2D eigenvalue weighted by atomic mass is 9.99. The fraction of sp³-hybridized carbons (Fsp3) is 0.460. The highest BCUT2D eigenvalue weighted by molar-refractivity contribution is 8.00. The van der Waals surface area contributed by atoms with E-state index in [1.807, 2.05) is 56.3 Å². The Labute approximate surface area is 718 Å². The van der Waals surface area contributed by atoms with Crippen LogP contribution >= 0.6 is 23.4 Å². The molecule has 122 heavy (non-hydrogen) atoms. The third-order valence-corrected chi connectivity index (χ3v) is 23.0. The molecule has 35 heteroatoms. The molecule has 0 aliphatic carbocycles. The molecule has 0 spiro atoms. The van der Waals surface area contributed by atoms with E-state index in [-0.39, 0.29) is 111 Å². The summed E-state index contributed by atoms with van der Waals surface area (Å²) in [5.41, 5.74) is 14.0. The zero-order valence-electron chi connectivity index (χ0n) is 69.4. The summed E-state index contributed by atoms with van der Waals surface area (Å²) in [4.78, 5) is 202. The number of thioether (sulfide) groups is 1. The molecule has 3 saturated heterocycles. The molecule has 6 aromatic rings. The van der Waals surface area contributed by atoms with Gasteiger partial charge in [0.2, 0.25) is 70.9 Å². The molecule has 3 aliphatic rings. The second-order valence-electron chi connectivity index (χ2n) is 31.9. The lowest BCUT2D eigenvalue weighted by Gasteiger charge is -2.31. The van der Waals surface area contributed by atoms with Gasteiger partial charge in [0.25, 0.3) is 0 Å². The normalized spacial score (nSPS) is 17.5. The van der Waals surface area contributed by atoms with E-state index >= 15 is 28.8 Å². The van der Waals surface area contributed by atoms with E-state index < -0.39 is 138 Å². The highest BCUT2D eigenvalue weighted by atomic mass is 35.5. The van der Waals surface area contributed by atoms with E-state index in [0.717, 1.165) is 29.4 Å². The maximum absolute atomic E-state index is 15.6. The molecular weight excluding hydrogens is 1600 g/mol. The summed E-state index contributed by atoms with van der Waals surface area (Å²) >= 11 is 8.07. The number of hydrogen-bond acceptors (Lipinski definition) is 18. The summed E-state index contributed by atoms with van der Waals surface area (Å²) in [6.45, 7) is 9.90. The molecule has 0 radical (unpaired) electrons. The molecule has 16 amide bonds. The van der Waals surface area contributed by atoms with Gasteiger partial charge in [-0.05, 0) is 152 Å². The zero-order chi connectivity index (χ0) is 88.1. The number of fused-ring (bicyclic) bond motifs is 2. The van der Waals surface area contributed by atoms with Crippen LogP contribution in [-0.2, 0) is 89.6 Å². The number of benzene rings is 5. The summed E-state index contributed by atoms with van der Waals surface area (Å²) in [5.74, 6) is -8.72. The summed E-state index contributed by atoms with van der Waals surface area (Å²) in [7, 11) is 0. The van der Waals surface area contributed by atoms with E-state index in [0.29, 0.717) is 70.8 Å². The predicted molar refractivity (Wildman–Crippen MR) is 463 cm³/mol. The van der Waals surface area contributed by atoms with E-state index in [1.165, 1.54) is 43.3 Å². The van der Waals surface area contributed by atoms with Gasteiger partial charge in [-0.3, -0.25) is 62.5 Å². The number of unbranched alkanes of at least 4 members (excludes halogenated alkanes) is 2. The van der Waals surface area contributed by atoms with Crippen LogP contribution in [0.2, 0.25) is 5.02 Å². The first-order valence-corrected chi connectivity index (χ1v) is 42.8. The molecule has 0 unspecified atom stereocenters. The number of nitrogens with one attached hydrogen (secondary N) is 14. The van der Waals surface area contributed by atoms with Crippen LogP contribution in [0.5, 0.6) is 0 Å². The van der Waals surface area contributed by atoms with Gasteiger partial charge < -0.3 is 95.9 Å². The Morgan fingerprint density at radius 3 is 1.62 bits per heavy atom. The Morgan fingerprint density at radius 2 is 1.07 bits per heavy atom. The van der Waals surface area contributed by atoms with Crippen molar-refractivity contribution in [2.45, 2.75) is 222 Å². The average molecular weight is 1720 g/mol. The molecule has 3 fully saturated rings. The van der Waals surface area contributed by atoms with E-state index in [1.54, 1.807) is 98.4 Å². The number of hydrogen-bond donors (Lipinski definition) is 17. The second kappa shape index (κ2) is 46.3. The highest BCUT2D eigenvalue weighted by Crippen LogP contribution is 2.34. The summed E-state index contributed by atoms with van der Waals surface area (Å²) < 4.78 is 0. The molecule has 33 nitrogen and oxygen atoms in total. The molecular formula is C87H113ClN18O15S. The van der Waals surface area contributed by atoms with Crippen molar-refractivity contribution in [3.63, 3.8) is 0 Å². The van der Waals surface area contributed by atoms with Crippen molar-refractivity contribution >= 4 is 128 Å². The number of rotatable bonds is 45. The van der Waals surface area contributed by atoms with Crippen LogP contribution in [0.15, 0.2) is 140 Å². The first-order chi connectivity index (χ1) is 58.3. The standard InChI is InChI=1S/C87H113ClN18O15S/c1-49(2)39-64(77(111)97-63(18-11-12-37-92-50(3)4)85(119)106-38-14-19-72(106)84(118)93-51(5)76(89)110)98-79(113)67(42-55-27-34-62(35-28-55)96-86(90)120)100-81(115)68(43-54-25-32-61(33-26-54)95-74(109)21-10-9-20-73-75-71(48-122-73)104-87(121)105-75)102-83(117)70(47-107)103-82(116)69(45-57-15-13-36-91-46-57)101-80(114)66(41-53-23-30-60(88)31-24-53)99-78(112)65(94-52(6)108)44-56-22-29-58-16-7-8-17-59(58)40-56/h7-8,13,15-17,22-36,40,46,49-51,63-73,75,92,107H,9-12,14,18-21,37-39,41-45,47-48H2,1-6H3,(H2,89,110)(H,93,118)(H,94,108)(H,95,109)(H,97,111)(H,98,113)(H,99,112)(H,100,115)(H,101,114)(H,102,117)(H,103,116)(H3,90,96,120)(H2,104,105,121)/t51-,63+,64+,65-,66-,67-,68+,69-,70+,71+,72+,73+,75+/m1/s1. The minimum atomic E-state index is -1.88. The van der Waals surface area contributed by atoms with Gasteiger partial charge in [0.15, 0.2) is 0 Å². The Balaban J connectivity index is 0.991. The maximum Gasteiger partial charge on any atom is 0.316 e. The van der Waals surface area contributed by atoms with Crippen LogP contribution in [0.3, 0.4) is 0 Å². The summed E-state index contributed by atoms with van der Waals surface area (Å²) in [5, 5.41) is 52.8. The first-order valence-electron chi connectivity index (χ1n) is 41.3. The highest BCUT2D eigenvalue weighted by Gasteiger charge is 2.44. The largest absolute Gasteiger partial charge is 0.394 e. The van der Waals surface area contributed by atoms with Crippen LogP contribution in [0.1, 0.15) is 134 Å². The number of likely N-dealkylation sites (tertiary alicyclic amines) is 1. The summed E-state index contributed by atoms with van der Waals surface area (Å²) in [6, 6.07) is 20.5. The minimum Gasteiger partial charge on any atom is -0.394 e. The molecule has 654 valence electrons. The number of aliphatic hydroxyl groups is 1. The van der Waals surface area contributed by atoms with Crippen LogP contribution in [0, 0.1) is 5.92 Å². The number of pyridine rings is 1. The third kappa shape index (κ3) is 29.3. The molecule has 19 N–H and O–H groups in total. The van der Waals surface area contributed by atoms with Crippen LogP contribution in [0.25, 0.3) is 10.8 Å². The van der Waals surface area contributed by atoms with Crippen LogP contribution in [-0.4, -0.2) is 207 Å². The Morgan fingerprint density at radius 1 is 0.557 bits per heavy atom. The van der Waals surface area contributed by atoms with Crippen molar-refractivity contribution in [2.24, 2.45) is 17.4 Å². The molecule has 13 atom stereocenters. The predicted octanol–water partition coefficient (Wildman–Crippen LogP) is 3.64. The van der Waals surface area contributed by atoms with Gasteiger partial charge in [-0.2, -0.15) is 11.8 Å². The quantitative estimate of drug-likeness (QED) is 0.0192. The monoisotopic (exact) mass is 1720 g/mol. The first kappa shape index (κ1) is 94.1. The van der Waals surface area contributed by atoms with Crippen molar-refractivity contribution in [1.29, 1.82) is 0 Å². The maximum atomic E-state index is 15.6. The topological polar surface area (TPSA) is 496 Å². The Kier molecular flexibility index (Phi) is 35.7. The fourth-order valence-corrected chi connectivity index (χ4v) is 16.5. The summed E-state index contributed by atoms with van der Waals surface area (Å²) in [6.07, 6.45) is 5.99. The number of carbonyl (C=O) groups excluding carboxylic acids is 14. The van der Waals surface area contributed by atoms with Gasteiger partial charge in [-0.1, -0.05) is 131 Å². The molecule has 1 aromatic heterocycles. The van der Waals surface area contributed by atoms with Gasteiger partial charge in [-0.15, -0.1) is 0 Å². The van der Waals surface area contributed by atoms with E-state index in [9.17, 15) is 43.5 Å². The van der Waals surface area contributed by atoms with Gasteiger partial charge in [0.05, 0.1) is 18.7 Å². The van der Waals surface area contributed by atoms with Gasteiger partial charge in [0.1, 0.15) is 60.4 Å². The number of anilines is 2. The fourth-order valence-electron chi connectivity index (χ4n) is 14.9. The lowest BCUT2D eigenvalue weighted by Crippen LogP contribution is -2.62. The Hall–Kier alpha value is -11.7. The average Bonchev–Trinajstić information content (AvgIpc) is 1.64. The second-order valence-corrected chi connectivity index (χ2v) is 33.6. The number of halogens is 1. The van der Waals surface area contributed by atoms with Crippen LogP contribution < -0.4 is 85.9 Å². The van der Waals surface area contributed by atoms with Crippen molar-refractivity contribution in [3.8, 4) is 0 Å². The van der Waals surface area contributed by atoms with Crippen molar-refractivity contribution in [2.75, 3.05) is 36.1 Å². The molecule has 5 aromatic carbocycles. The number of amides is 16. The molecule has 3 aliphatic heterocycles. The van der Waals surface area contributed by atoms with Gasteiger partial charge in [0, 0.05) is 97.8 Å². The van der Waals surface area contributed by atoms with Crippen molar-refractivity contribution in [1.82, 2.24) is 73.7 Å². The number of nitrogens with zero attached hydrogens (tertiary/aromatic N) is 2. The number of aliphatic hydroxyl groups excluding tert-OH is 1. The van der Waals surface area contributed by atoms with E-state index in [4.69, 9.17) is 23.1 Å². The number of urea groups is 2. The molecule has 9 rings (SSSR count). The Bertz CT molecular complexity index is 4650. The molecule has 0 saturated carbocycles. The SMILES string of the molecule is CC(=O)N[C@H](Cc1ccc2ccccc2c1)C(=O)N[C@H](Cc1ccc(Cl)cc1)C(=O)N[C@H](Cc1cccnc1)C(=O)N[C@@H](CO)C(=O)N[C@@H](Cc1ccc(NC(=O)CCCC[C@@H]2SC[C@@H]3NC(=O)N[C@@H]32)cc1)C(=O)N[C@H](Cc1ccc(NC(N)=O)cc1)C(=O)N[C@@H](CC(C)C)C(=O)N[C@@H](CCCCNC(C)C)C(=O)N1CCC[C@H]1C(=O)N[C@H](C)C(N)=O. The van der Waals surface area contributed by atoms with Gasteiger partial charge in [-0.25, -0.2) is 9.59 Å². The number of primary amides is 2. The van der Waals surface area contributed by atoms with Crippen LogP contribution in [0.4, 0.5) is 21.0 Å². The smallest absolute Gasteiger partial charge is 0.316 e. The lowest BCUT2D eigenvalue weighted by molar-refractivity contribution is -0.142. The van der Waals surface area contributed by atoms with E-state index in [2.05, 4.69) is 79.4 Å². The molecule has 0 bridgehead atoms. The minimum absolute atomic E-state index is 0.00441. The molecule has 4 heterocycles. The number of carbonyl (C=O) groups is 14. The number of aromatic nitrogens is 1. The zero-order valence-corrected chi connectivity index (χ0v) is 70.9. The van der Waals surface area contributed by atoms with Crippen molar-refractivity contribution < 1.29 is 72.2 Å². The van der Waals surface area contributed by atoms with Gasteiger partial charge >= 0.3 is 12.1 Å².